The van der Waals surface area contributed by atoms with Crippen LogP contribution in [0.5, 0.6) is 5.88 Å². The molecule has 0 aromatic carbocycles. The van der Waals surface area contributed by atoms with Gasteiger partial charge in [-0.2, -0.15) is 4.98 Å². The maximum atomic E-state index is 5.96. The SMILES string of the molecule is CC1CC(Oc2ccnc(NN)n2)CC(C)(C)C1. The van der Waals surface area contributed by atoms with Gasteiger partial charge in [0.2, 0.25) is 11.8 Å². The Morgan fingerprint density at radius 3 is 2.89 bits per heavy atom. The molecular formula is C13H22N4O. The summed E-state index contributed by atoms with van der Waals surface area (Å²) in [5, 5.41) is 0. The van der Waals surface area contributed by atoms with Gasteiger partial charge in [0.25, 0.3) is 0 Å². The Hall–Kier alpha value is -1.36. The van der Waals surface area contributed by atoms with Crippen molar-refractivity contribution in [3.8, 4) is 5.88 Å². The lowest BCUT2D eigenvalue weighted by atomic mass is 9.71. The molecule has 0 bridgehead atoms. The molecule has 2 rings (SSSR count). The van der Waals surface area contributed by atoms with Gasteiger partial charge in [-0.05, 0) is 30.6 Å². The van der Waals surface area contributed by atoms with E-state index >= 15 is 0 Å². The zero-order valence-electron chi connectivity index (χ0n) is 11.3. The molecule has 1 aromatic rings. The number of anilines is 1. The first kappa shape index (κ1) is 13.1. The van der Waals surface area contributed by atoms with E-state index < -0.39 is 0 Å². The molecule has 0 radical (unpaired) electrons. The average molecular weight is 250 g/mol. The second kappa shape index (κ2) is 5.10. The molecule has 100 valence electrons. The van der Waals surface area contributed by atoms with Crippen LogP contribution < -0.4 is 16.0 Å². The van der Waals surface area contributed by atoms with Crippen molar-refractivity contribution in [1.82, 2.24) is 9.97 Å². The Morgan fingerprint density at radius 1 is 1.44 bits per heavy atom. The predicted molar refractivity (Wildman–Crippen MR) is 71.1 cm³/mol. The monoisotopic (exact) mass is 250 g/mol. The first-order valence-corrected chi connectivity index (χ1v) is 6.45. The van der Waals surface area contributed by atoms with E-state index in [0.29, 0.717) is 23.2 Å². The van der Waals surface area contributed by atoms with Crippen molar-refractivity contribution in [1.29, 1.82) is 0 Å². The van der Waals surface area contributed by atoms with Crippen LogP contribution in [0.25, 0.3) is 0 Å². The molecule has 0 aliphatic heterocycles. The largest absolute Gasteiger partial charge is 0.474 e. The lowest BCUT2D eigenvalue weighted by molar-refractivity contribution is 0.0533. The molecule has 0 amide bonds. The zero-order valence-corrected chi connectivity index (χ0v) is 11.3. The Morgan fingerprint density at radius 2 is 2.22 bits per heavy atom. The Bertz CT molecular complexity index is 408. The van der Waals surface area contributed by atoms with Crippen LogP contribution in [0.3, 0.4) is 0 Å². The van der Waals surface area contributed by atoms with Crippen LogP contribution in [0.4, 0.5) is 5.95 Å². The van der Waals surface area contributed by atoms with E-state index in [4.69, 9.17) is 10.6 Å². The summed E-state index contributed by atoms with van der Waals surface area (Å²) in [6.07, 6.45) is 5.27. The minimum Gasteiger partial charge on any atom is -0.474 e. The summed E-state index contributed by atoms with van der Waals surface area (Å²) in [5.74, 6) is 6.95. The highest BCUT2D eigenvalue weighted by atomic mass is 16.5. The van der Waals surface area contributed by atoms with Crippen LogP contribution in [0.15, 0.2) is 12.3 Å². The smallest absolute Gasteiger partial charge is 0.240 e. The molecule has 18 heavy (non-hydrogen) atoms. The number of nitrogens with zero attached hydrogens (tertiary/aromatic N) is 2. The third kappa shape index (κ3) is 3.32. The molecule has 1 aromatic heterocycles. The molecule has 1 aliphatic carbocycles. The van der Waals surface area contributed by atoms with Crippen LogP contribution in [0.1, 0.15) is 40.0 Å². The molecule has 0 saturated heterocycles. The summed E-state index contributed by atoms with van der Waals surface area (Å²) < 4.78 is 5.96. The van der Waals surface area contributed by atoms with Gasteiger partial charge in [0, 0.05) is 12.3 Å². The number of hydrogen-bond donors (Lipinski definition) is 2. The van der Waals surface area contributed by atoms with Crippen molar-refractivity contribution >= 4 is 5.95 Å². The van der Waals surface area contributed by atoms with Gasteiger partial charge in [0.15, 0.2) is 0 Å². The normalized spacial score (nSPS) is 26.7. The highest BCUT2D eigenvalue weighted by Gasteiger charge is 2.33. The highest BCUT2D eigenvalue weighted by Crippen LogP contribution is 2.39. The summed E-state index contributed by atoms with van der Waals surface area (Å²) >= 11 is 0. The van der Waals surface area contributed by atoms with E-state index in [1.54, 1.807) is 12.3 Å². The topological polar surface area (TPSA) is 73.1 Å². The van der Waals surface area contributed by atoms with Gasteiger partial charge in [-0.1, -0.05) is 20.8 Å². The molecule has 1 heterocycles. The Labute approximate surface area is 108 Å². The van der Waals surface area contributed by atoms with Crippen LogP contribution in [0, 0.1) is 11.3 Å². The van der Waals surface area contributed by atoms with Gasteiger partial charge in [0.05, 0.1) is 0 Å². The molecule has 5 nitrogen and oxygen atoms in total. The second-order valence-electron chi connectivity index (χ2n) is 6.02. The van der Waals surface area contributed by atoms with Crippen molar-refractivity contribution in [2.24, 2.45) is 17.2 Å². The number of rotatable bonds is 3. The van der Waals surface area contributed by atoms with Crippen molar-refractivity contribution in [3.05, 3.63) is 12.3 Å². The number of hydrogen-bond acceptors (Lipinski definition) is 5. The Kier molecular flexibility index (Phi) is 3.71. The van der Waals surface area contributed by atoms with E-state index in [0.717, 1.165) is 12.8 Å². The number of hydrazine groups is 1. The van der Waals surface area contributed by atoms with Crippen molar-refractivity contribution in [2.45, 2.75) is 46.1 Å². The van der Waals surface area contributed by atoms with Gasteiger partial charge in [0.1, 0.15) is 6.10 Å². The van der Waals surface area contributed by atoms with E-state index in [1.165, 1.54) is 6.42 Å². The van der Waals surface area contributed by atoms with Crippen LogP contribution in [-0.2, 0) is 0 Å². The summed E-state index contributed by atoms with van der Waals surface area (Å²) in [4.78, 5) is 8.16. The molecule has 0 spiro atoms. The van der Waals surface area contributed by atoms with Crippen molar-refractivity contribution in [2.75, 3.05) is 5.43 Å². The maximum Gasteiger partial charge on any atom is 0.240 e. The lowest BCUT2D eigenvalue weighted by Gasteiger charge is -2.38. The van der Waals surface area contributed by atoms with Crippen molar-refractivity contribution in [3.63, 3.8) is 0 Å². The fourth-order valence-corrected chi connectivity index (χ4v) is 3.00. The number of aromatic nitrogens is 2. The van der Waals surface area contributed by atoms with Crippen LogP contribution in [0.2, 0.25) is 0 Å². The first-order valence-electron chi connectivity index (χ1n) is 6.45. The minimum atomic E-state index is 0.226. The number of ether oxygens (including phenoxy) is 1. The molecule has 5 heteroatoms. The minimum absolute atomic E-state index is 0.226. The third-order valence-electron chi connectivity index (χ3n) is 3.39. The van der Waals surface area contributed by atoms with E-state index in [1.807, 2.05) is 0 Å². The summed E-state index contributed by atoms with van der Waals surface area (Å²) in [7, 11) is 0. The molecule has 1 saturated carbocycles. The molecule has 2 atom stereocenters. The van der Waals surface area contributed by atoms with Crippen molar-refractivity contribution < 1.29 is 4.74 Å². The summed E-state index contributed by atoms with van der Waals surface area (Å²) in [6.45, 7) is 6.88. The summed E-state index contributed by atoms with van der Waals surface area (Å²) in [6, 6.07) is 1.77. The highest BCUT2D eigenvalue weighted by molar-refractivity contribution is 5.25. The predicted octanol–water partition coefficient (Wildman–Crippen LogP) is 2.36. The second-order valence-corrected chi connectivity index (χ2v) is 6.02. The maximum absolute atomic E-state index is 5.96. The molecule has 1 fully saturated rings. The van der Waals surface area contributed by atoms with Gasteiger partial charge in [-0.25, -0.2) is 10.8 Å². The Balaban J connectivity index is 2.04. The van der Waals surface area contributed by atoms with Crippen LogP contribution >= 0.6 is 0 Å². The fraction of sp³-hybridized carbons (Fsp3) is 0.692. The third-order valence-corrected chi connectivity index (χ3v) is 3.39. The van der Waals surface area contributed by atoms with Gasteiger partial charge >= 0.3 is 0 Å². The number of nitrogens with one attached hydrogen (secondary N) is 1. The van der Waals surface area contributed by atoms with Gasteiger partial charge in [-0.15, -0.1) is 0 Å². The van der Waals surface area contributed by atoms with Gasteiger partial charge in [-0.3, -0.25) is 5.43 Å². The molecule has 3 N–H and O–H groups in total. The summed E-state index contributed by atoms with van der Waals surface area (Å²) in [5.41, 5.74) is 2.77. The van der Waals surface area contributed by atoms with E-state index in [-0.39, 0.29) is 6.10 Å². The lowest BCUT2D eigenvalue weighted by Crippen LogP contribution is -2.34. The standard InChI is InChI=1S/C13H22N4O/c1-9-6-10(8-13(2,3)7-9)18-11-4-5-15-12(16-11)17-14/h4-5,9-10H,6-8,14H2,1-3H3,(H,15,16,17). The molecule has 1 aliphatic rings. The molecule has 2 unspecified atom stereocenters. The van der Waals surface area contributed by atoms with Gasteiger partial charge < -0.3 is 4.74 Å². The number of nitrogens with two attached hydrogens (primary N) is 1. The average Bonchev–Trinajstić information content (AvgIpc) is 2.26. The quantitative estimate of drug-likeness (QED) is 0.636. The number of nitrogen functional groups attached to an aromatic ring is 1. The first-order chi connectivity index (χ1) is 8.48. The van der Waals surface area contributed by atoms with E-state index in [2.05, 4.69) is 36.2 Å². The van der Waals surface area contributed by atoms with Crippen LogP contribution in [-0.4, -0.2) is 16.1 Å². The molecular weight excluding hydrogens is 228 g/mol. The van der Waals surface area contributed by atoms with E-state index in [9.17, 15) is 0 Å². The zero-order chi connectivity index (χ0) is 13.2. The fourth-order valence-electron chi connectivity index (χ4n) is 3.00.